The van der Waals surface area contributed by atoms with Gasteiger partial charge in [-0.25, -0.2) is 0 Å². The maximum absolute atomic E-state index is 13.0. The highest BCUT2D eigenvalue weighted by molar-refractivity contribution is 5.98. The van der Waals surface area contributed by atoms with E-state index in [0.717, 1.165) is 11.1 Å². The zero-order valence-corrected chi connectivity index (χ0v) is 18.8. The van der Waals surface area contributed by atoms with Crippen LogP contribution in [0.15, 0.2) is 66.7 Å². The normalized spacial score (nSPS) is 10.5. The van der Waals surface area contributed by atoms with Crippen LogP contribution in [-0.4, -0.2) is 25.5 Å². The number of hydrogen-bond donors (Lipinski definition) is 2. The topological polar surface area (TPSA) is 76.7 Å². The maximum Gasteiger partial charge on any atom is 0.253 e. The predicted molar refractivity (Wildman–Crippen MR) is 124 cm³/mol. The van der Waals surface area contributed by atoms with Crippen molar-refractivity contribution in [2.75, 3.05) is 13.7 Å². The highest BCUT2D eigenvalue weighted by Crippen LogP contribution is 2.30. The average Bonchev–Trinajstić information content (AvgIpc) is 2.79. The Bertz CT molecular complexity index is 1050. The lowest BCUT2D eigenvalue weighted by Gasteiger charge is -2.23. The van der Waals surface area contributed by atoms with E-state index in [4.69, 9.17) is 9.47 Å². The summed E-state index contributed by atoms with van der Waals surface area (Å²) >= 11 is 0. The minimum Gasteiger partial charge on any atom is -0.493 e. The van der Waals surface area contributed by atoms with Crippen LogP contribution in [0.4, 0.5) is 0 Å². The second-order valence-electron chi connectivity index (χ2n) is 7.35. The summed E-state index contributed by atoms with van der Waals surface area (Å²) in [4.78, 5) is 26.1. The van der Waals surface area contributed by atoms with Crippen molar-refractivity contribution in [1.29, 1.82) is 0 Å². The van der Waals surface area contributed by atoms with Crippen molar-refractivity contribution in [1.82, 2.24) is 10.6 Å². The van der Waals surface area contributed by atoms with Crippen LogP contribution < -0.4 is 20.1 Å². The molecule has 6 heteroatoms. The van der Waals surface area contributed by atoms with Gasteiger partial charge >= 0.3 is 0 Å². The van der Waals surface area contributed by atoms with E-state index in [2.05, 4.69) is 10.6 Å². The van der Waals surface area contributed by atoms with E-state index in [1.54, 1.807) is 37.4 Å². The fraction of sp³-hybridized carbons (Fsp3) is 0.231. The molecule has 0 fully saturated rings. The average molecular weight is 433 g/mol. The molecule has 3 aromatic rings. The number of carbonyl (C=O) groups excluding carboxylic acids is 2. The van der Waals surface area contributed by atoms with Gasteiger partial charge in [-0.05, 0) is 61.7 Å². The lowest BCUT2D eigenvalue weighted by atomic mass is 10.1. The number of nitrogens with one attached hydrogen (secondary N) is 2. The molecule has 0 aliphatic heterocycles. The van der Waals surface area contributed by atoms with Crippen LogP contribution in [0.1, 0.15) is 50.5 Å². The number of aryl methyl sites for hydroxylation is 2. The van der Waals surface area contributed by atoms with E-state index < -0.39 is 6.17 Å². The molecule has 3 aromatic carbocycles. The van der Waals surface area contributed by atoms with Crippen LogP contribution in [0.5, 0.6) is 11.5 Å². The molecule has 166 valence electrons. The maximum atomic E-state index is 13.0. The quantitative estimate of drug-likeness (QED) is 0.511. The van der Waals surface area contributed by atoms with Crippen molar-refractivity contribution < 1.29 is 19.1 Å². The van der Waals surface area contributed by atoms with E-state index in [9.17, 15) is 9.59 Å². The third-order valence-corrected chi connectivity index (χ3v) is 5.15. The summed E-state index contributed by atoms with van der Waals surface area (Å²) in [7, 11) is 1.55. The van der Waals surface area contributed by atoms with E-state index >= 15 is 0 Å². The second kappa shape index (κ2) is 10.5. The second-order valence-corrected chi connectivity index (χ2v) is 7.35. The number of amides is 2. The molecule has 2 N–H and O–H groups in total. The first-order chi connectivity index (χ1) is 15.4. The first-order valence-electron chi connectivity index (χ1n) is 10.5. The van der Waals surface area contributed by atoms with Crippen LogP contribution in [0.2, 0.25) is 0 Å². The minimum absolute atomic E-state index is 0.286. The Kier molecular flexibility index (Phi) is 7.49. The molecular weight excluding hydrogens is 404 g/mol. The molecule has 6 nitrogen and oxygen atoms in total. The Balaban J connectivity index is 1.95. The van der Waals surface area contributed by atoms with Crippen LogP contribution in [0, 0.1) is 13.8 Å². The van der Waals surface area contributed by atoms with Crippen molar-refractivity contribution in [2.45, 2.75) is 26.9 Å². The predicted octanol–water partition coefficient (Wildman–Crippen LogP) is 4.57. The fourth-order valence-corrected chi connectivity index (χ4v) is 3.41. The molecule has 0 saturated heterocycles. The van der Waals surface area contributed by atoms with Crippen molar-refractivity contribution >= 4 is 11.8 Å². The Morgan fingerprint density at radius 1 is 0.812 bits per heavy atom. The van der Waals surface area contributed by atoms with Crippen LogP contribution in [-0.2, 0) is 0 Å². The molecule has 0 aromatic heterocycles. The summed E-state index contributed by atoms with van der Waals surface area (Å²) in [6, 6.07) is 19.9. The van der Waals surface area contributed by atoms with Gasteiger partial charge in [0, 0.05) is 11.1 Å². The number of benzene rings is 3. The van der Waals surface area contributed by atoms with E-state index in [1.165, 1.54) is 0 Å². The van der Waals surface area contributed by atoms with Gasteiger partial charge in [-0.1, -0.05) is 42.5 Å². The first kappa shape index (κ1) is 22.9. The Morgan fingerprint density at radius 3 is 1.81 bits per heavy atom. The standard InChI is InChI=1S/C26H28N2O4/c1-5-32-22-15-14-19(16-23(22)31-4)24(27-25(29)20-12-8-6-10-17(20)2)28-26(30)21-13-9-7-11-18(21)3/h6-16,24H,5H2,1-4H3,(H,27,29)(H,28,30). The van der Waals surface area contributed by atoms with Gasteiger partial charge in [0.05, 0.1) is 13.7 Å². The molecule has 3 rings (SSSR count). The smallest absolute Gasteiger partial charge is 0.253 e. The molecule has 2 amide bonds. The summed E-state index contributed by atoms with van der Waals surface area (Å²) in [6.45, 7) is 6.12. The fourth-order valence-electron chi connectivity index (χ4n) is 3.41. The Morgan fingerprint density at radius 2 is 1.34 bits per heavy atom. The highest BCUT2D eigenvalue weighted by atomic mass is 16.5. The Hall–Kier alpha value is -3.80. The number of methoxy groups -OCH3 is 1. The van der Waals surface area contributed by atoms with Gasteiger partial charge in [0.2, 0.25) is 0 Å². The zero-order valence-electron chi connectivity index (χ0n) is 18.8. The molecule has 0 spiro atoms. The molecule has 0 atom stereocenters. The third-order valence-electron chi connectivity index (χ3n) is 5.15. The minimum atomic E-state index is -0.779. The number of rotatable bonds is 8. The SMILES string of the molecule is CCOc1ccc(C(NC(=O)c2ccccc2C)NC(=O)c2ccccc2C)cc1OC. The lowest BCUT2D eigenvalue weighted by molar-refractivity contribution is 0.0882. The van der Waals surface area contributed by atoms with Gasteiger partial charge in [0.15, 0.2) is 11.5 Å². The molecule has 0 radical (unpaired) electrons. The van der Waals surface area contributed by atoms with E-state index in [0.29, 0.717) is 34.8 Å². The molecular formula is C26H28N2O4. The van der Waals surface area contributed by atoms with Gasteiger partial charge < -0.3 is 20.1 Å². The third kappa shape index (κ3) is 5.27. The van der Waals surface area contributed by atoms with Crippen molar-refractivity contribution in [3.63, 3.8) is 0 Å². The van der Waals surface area contributed by atoms with Crippen LogP contribution in [0.3, 0.4) is 0 Å². The highest BCUT2D eigenvalue weighted by Gasteiger charge is 2.22. The van der Waals surface area contributed by atoms with Crippen molar-refractivity contribution in [3.05, 3.63) is 94.5 Å². The van der Waals surface area contributed by atoms with Crippen LogP contribution in [0.25, 0.3) is 0 Å². The summed E-state index contributed by atoms with van der Waals surface area (Å²) in [5, 5.41) is 5.89. The Labute approximate surface area is 188 Å². The molecule has 0 aliphatic rings. The molecule has 32 heavy (non-hydrogen) atoms. The zero-order chi connectivity index (χ0) is 23.1. The first-order valence-corrected chi connectivity index (χ1v) is 10.5. The van der Waals surface area contributed by atoms with Gasteiger partial charge in [0.25, 0.3) is 11.8 Å². The van der Waals surface area contributed by atoms with Crippen molar-refractivity contribution in [2.24, 2.45) is 0 Å². The molecule has 0 bridgehead atoms. The van der Waals surface area contributed by atoms with E-state index in [1.807, 2.05) is 57.2 Å². The van der Waals surface area contributed by atoms with Gasteiger partial charge in [-0.2, -0.15) is 0 Å². The molecule has 0 unspecified atom stereocenters. The molecule has 0 heterocycles. The van der Waals surface area contributed by atoms with Gasteiger partial charge in [-0.15, -0.1) is 0 Å². The summed E-state index contributed by atoms with van der Waals surface area (Å²) in [5.74, 6) is 0.537. The van der Waals surface area contributed by atoms with Crippen LogP contribution >= 0.6 is 0 Å². The number of hydrogen-bond acceptors (Lipinski definition) is 4. The molecule has 0 saturated carbocycles. The van der Waals surface area contributed by atoms with E-state index in [-0.39, 0.29) is 11.8 Å². The summed E-state index contributed by atoms with van der Waals surface area (Å²) in [5.41, 5.74) is 3.44. The van der Waals surface area contributed by atoms with Gasteiger partial charge in [-0.3, -0.25) is 9.59 Å². The number of ether oxygens (including phenoxy) is 2. The largest absolute Gasteiger partial charge is 0.493 e. The molecule has 0 aliphatic carbocycles. The van der Waals surface area contributed by atoms with Crippen molar-refractivity contribution in [3.8, 4) is 11.5 Å². The summed E-state index contributed by atoms with van der Waals surface area (Å²) < 4.78 is 11.1. The monoisotopic (exact) mass is 432 g/mol. The van der Waals surface area contributed by atoms with Gasteiger partial charge in [0.1, 0.15) is 6.17 Å². The number of carbonyl (C=O) groups is 2. The lowest BCUT2D eigenvalue weighted by Crippen LogP contribution is -2.41. The summed E-state index contributed by atoms with van der Waals surface area (Å²) in [6.07, 6.45) is -0.779.